The second-order valence-corrected chi connectivity index (χ2v) is 4.39. The first-order valence-corrected chi connectivity index (χ1v) is 6.35. The van der Waals surface area contributed by atoms with Gasteiger partial charge in [-0.15, -0.1) is 0 Å². The van der Waals surface area contributed by atoms with E-state index in [1.165, 1.54) is 5.56 Å². The molecular formula is C15H16ClNO. The molecule has 0 heterocycles. The van der Waals surface area contributed by atoms with Crippen molar-refractivity contribution < 1.29 is 4.74 Å². The van der Waals surface area contributed by atoms with Gasteiger partial charge in [0.25, 0.3) is 0 Å². The van der Waals surface area contributed by atoms with Gasteiger partial charge in [0, 0.05) is 18.1 Å². The van der Waals surface area contributed by atoms with Crippen LogP contribution in [-0.2, 0) is 6.42 Å². The average Bonchev–Trinajstić information content (AvgIpc) is 2.40. The molecule has 0 amide bonds. The van der Waals surface area contributed by atoms with Gasteiger partial charge >= 0.3 is 0 Å². The first-order chi connectivity index (χ1) is 8.74. The quantitative estimate of drug-likeness (QED) is 0.859. The number of aryl methyl sites for hydroxylation is 1. The molecule has 3 heteroatoms. The van der Waals surface area contributed by atoms with Gasteiger partial charge in [-0.1, -0.05) is 36.7 Å². The summed E-state index contributed by atoms with van der Waals surface area (Å²) < 4.78 is 5.96. The molecule has 1 N–H and O–H groups in total. The molecule has 0 atom stereocenters. The Hall–Kier alpha value is -1.67. The molecule has 0 radical (unpaired) electrons. The maximum Gasteiger partial charge on any atom is 0.151 e. The Labute approximate surface area is 113 Å². The molecule has 0 spiro atoms. The molecule has 0 aromatic heterocycles. The number of para-hydroxylation sites is 1. The molecule has 0 bridgehead atoms. The molecule has 18 heavy (non-hydrogen) atoms. The van der Waals surface area contributed by atoms with E-state index in [1.807, 2.05) is 43.4 Å². The van der Waals surface area contributed by atoms with Gasteiger partial charge in [-0.3, -0.25) is 0 Å². The van der Waals surface area contributed by atoms with Gasteiger partial charge in [0.1, 0.15) is 5.75 Å². The second-order valence-electron chi connectivity index (χ2n) is 3.95. The lowest BCUT2D eigenvalue weighted by molar-refractivity contribution is 0.479. The normalized spacial score (nSPS) is 10.2. The zero-order valence-electron chi connectivity index (χ0n) is 10.5. The summed E-state index contributed by atoms with van der Waals surface area (Å²) in [5.41, 5.74) is 2.10. The lowest BCUT2D eigenvalue weighted by Gasteiger charge is -2.13. The number of ether oxygens (including phenoxy) is 1. The van der Waals surface area contributed by atoms with Crippen molar-refractivity contribution in [2.24, 2.45) is 0 Å². The zero-order valence-corrected chi connectivity index (χ0v) is 11.3. The van der Waals surface area contributed by atoms with Crippen LogP contribution in [0.2, 0.25) is 5.02 Å². The van der Waals surface area contributed by atoms with E-state index < -0.39 is 0 Å². The van der Waals surface area contributed by atoms with Crippen LogP contribution in [0.4, 0.5) is 5.69 Å². The summed E-state index contributed by atoms with van der Waals surface area (Å²) in [6.07, 6.45) is 0.936. The molecule has 0 unspecified atom stereocenters. The van der Waals surface area contributed by atoms with Gasteiger partial charge in [-0.2, -0.15) is 0 Å². The van der Waals surface area contributed by atoms with Crippen molar-refractivity contribution >= 4 is 17.3 Å². The largest absolute Gasteiger partial charge is 0.455 e. The highest BCUT2D eigenvalue weighted by molar-refractivity contribution is 6.30. The lowest BCUT2D eigenvalue weighted by atomic mass is 10.1. The Bertz CT molecular complexity index is 540. The Kier molecular flexibility index (Phi) is 4.11. The molecule has 0 fully saturated rings. The Balaban J connectivity index is 2.36. The summed E-state index contributed by atoms with van der Waals surface area (Å²) >= 11 is 6.01. The van der Waals surface area contributed by atoms with Gasteiger partial charge in [0.2, 0.25) is 0 Å². The zero-order chi connectivity index (χ0) is 13.0. The van der Waals surface area contributed by atoms with Gasteiger partial charge in [0.15, 0.2) is 5.75 Å². The van der Waals surface area contributed by atoms with Crippen molar-refractivity contribution in [3.63, 3.8) is 0 Å². The van der Waals surface area contributed by atoms with Gasteiger partial charge in [-0.05, 0) is 30.2 Å². The van der Waals surface area contributed by atoms with E-state index in [2.05, 4.69) is 18.3 Å². The van der Waals surface area contributed by atoms with E-state index in [1.54, 1.807) is 0 Å². The first kappa shape index (κ1) is 12.8. The van der Waals surface area contributed by atoms with E-state index in [0.29, 0.717) is 5.02 Å². The smallest absolute Gasteiger partial charge is 0.151 e. The summed E-state index contributed by atoms with van der Waals surface area (Å²) in [6.45, 7) is 2.11. The van der Waals surface area contributed by atoms with Crippen LogP contribution in [0, 0.1) is 0 Å². The maximum absolute atomic E-state index is 6.01. The molecule has 2 nitrogen and oxygen atoms in total. The van der Waals surface area contributed by atoms with Gasteiger partial charge in [-0.25, -0.2) is 0 Å². The van der Waals surface area contributed by atoms with Crippen molar-refractivity contribution in [2.45, 2.75) is 13.3 Å². The average molecular weight is 262 g/mol. The molecule has 0 saturated heterocycles. The van der Waals surface area contributed by atoms with E-state index in [4.69, 9.17) is 16.3 Å². The van der Waals surface area contributed by atoms with Crippen molar-refractivity contribution in [1.82, 2.24) is 0 Å². The number of rotatable bonds is 4. The number of hydrogen-bond donors (Lipinski definition) is 1. The second kappa shape index (κ2) is 5.78. The monoisotopic (exact) mass is 261 g/mol. The Morgan fingerprint density at radius 3 is 2.61 bits per heavy atom. The van der Waals surface area contributed by atoms with Crippen LogP contribution in [0.15, 0.2) is 42.5 Å². The molecule has 0 saturated carbocycles. The Morgan fingerprint density at radius 1 is 1.11 bits per heavy atom. The predicted octanol–water partition coefficient (Wildman–Crippen LogP) is 4.74. The fourth-order valence-corrected chi connectivity index (χ4v) is 1.96. The number of benzene rings is 2. The van der Waals surface area contributed by atoms with Crippen molar-refractivity contribution in [1.29, 1.82) is 0 Å². The Morgan fingerprint density at radius 2 is 1.89 bits per heavy atom. The van der Waals surface area contributed by atoms with Crippen molar-refractivity contribution in [2.75, 3.05) is 12.4 Å². The summed E-state index contributed by atoms with van der Waals surface area (Å²) in [4.78, 5) is 0. The van der Waals surface area contributed by atoms with E-state index in [0.717, 1.165) is 23.6 Å². The number of hydrogen-bond acceptors (Lipinski definition) is 2. The maximum atomic E-state index is 6.01. The third kappa shape index (κ3) is 2.77. The van der Waals surface area contributed by atoms with Crippen molar-refractivity contribution in [3.8, 4) is 11.5 Å². The van der Waals surface area contributed by atoms with E-state index in [-0.39, 0.29) is 0 Å². The van der Waals surface area contributed by atoms with Gasteiger partial charge in [0.05, 0.1) is 5.69 Å². The van der Waals surface area contributed by atoms with Crippen LogP contribution >= 0.6 is 11.6 Å². The third-order valence-corrected chi connectivity index (χ3v) is 3.02. The number of nitrogens with one attached hydrogen (secondary N) is 1. The van der Waals surface area contributed by atoms with Gasteiger partial charge < -0.3 is 10.1 Å². The molecular weight excluding hydrogens is 246 g/mol. The molecule has 2 aromatic rings. The molecule has 0 aliphatic heterocycles. The molecule has 0 aliphatic rings. The lowest BCUT2D eigenvalue weighted by Crippen LogP contribution is -1.95. The third-order valence-electron chi connectivity index (χ3n) is 2.79. The fraction of sp³-hybridized carbons (Fsp3) is 0.200. The minimum Gasteiger partial charge on any atom is -0.455 e. The van der Waals surface area contributed by atoms with Crippen LogP contribution in [0.1, 0.15) is 12.5 Å². The van der Waals surface area contributed by atoms with Crippen LogP contribution in [0.5, 0.6) is 11.5 Å². The van der Waals surface area contributed by atoms with Crippen LogP contribution in [0.25, 0.3) is 0 Å². The highest BCUT2D eigenvalue weighted by Gasteiger charge is 2.07. The van der Waals surface area contributed by atoms with E-state index >= 15 is 0 Å². The molecule has 2 rings (SSSR count). The minimum atomic E-state index is 0.665. The summed E-state index contributed by atoms with van der Waals surface area (Å²) in [5.74, 6) is 1.62. The summed E-state index contributed by atoms with van der Waals surface area (Å²) in [6, 6.07) is 13.6. The topological polar surface area (TPSA) is 21.3 Å². The number of halogens is 1. The predicted molar refractivity (Wildman–Crippen MR) is 76.9 cm³/mol. The first-order valence-electron chi connectivity index (χ1n) is 5.97. The molecule has 0 aliphatic carbocycles. The van der Waals surface area contributed by atoms with E-state index in [9.17, 15) is 0 Å². The molecule has 2 aromatic carbocycles. The highest BCUT2D eigenvalue weighted by Crippen LogP contribution is 2.33. The van der Waals surface area contributed by atoms with Crippen LogP contribution < -0.4 is 10.1 Å². The van der Waals surface area contributed by atoms with Crippen LogP contribution in [0.3, 0.4) is 0 Å². The summed E-state index contributed by atoms with van der Waals surface area (Å²) in [5, 5.41) is 3.76. The SMILES string of the molecule is CCc1ccccc1Oc1cc(Cl)ccc1NC. The molecule has 94 valence electrons. The summed E-state index contributed by atoms with van der Waals surface area (Å²) in [7, 11) is 1.86. The number of anilines is 1. The standard InChI is InChI=1S/C15H16ClNO/c1-3-11-6-4-5-7-14(11)18-15-10-12(16)8-9-13(15)17-2/h4-10,17H,3H2,1-2H3. The fourth-order valence-electron chi connectivity index (χ4n) is 1.80. The minimum absolute atomic E-state index is 0.665. The van der Waals surface area contributed by atoms with Crippen molar-refractivity contribution in [3.05, 3.63) is 53.1 Å². The van der Waals surface area contributed by atoms with Crippen LogP contribution in [-0.4, -0.2) is 7.05 Å². The highest BCUT2D eigenvalue weighted by atomic mass is 35.5.